The minimum Gasteiger partial charge on any atom is -0.389 e. The maximum atomic E-state index is 11.7. The van der Waals surface area contributed by atoms with Crippen LogP contribution in [-0.2, 0) is 4.79 Å². The maximum Gasteiger partial charge on any atom is 0.322 e. The van der Waals surface area contributed by atoms with Gasteiger partial charge in [-0.05, 0) is 24.6 Å². The van der Waals surface area contributed by atoms with Gasteiger partial charge in [0, 0.05) is 12.7 Å². The van der Waals surface area contributed by atoms with Gasteiger partial charge in [-0.3, -0.25) is 4.79 Å². The highest BCUT2D eigenvalue weighted by molar-refractivity contribution is 5.91. The predicted molar refractivity (Wildman–Crippen MR) is 67.9 cm³/mol. The van der Waals surface area contributed by atoms with E-state index in [0.717, 1.165) is 0 Å². The lowest BCUT2D eigenvalue weighted by Gasteiger charge is -2.16. The van der Waals surface area contributed by atoms with E-state index in [1.54, 1.807) is 31.2 Å². The Morgan fingerprint density at radius 2 is 2.17 bits per heavy atom. The molecule has 98 valence electrons. The molecule has 0 bridgehead atoms. The number of nitrogens with one attached hydrogen (secondary N) is 1. The smallest absolute Gasteiger partial charge is 0.322 e. The maximum absolute atomic E-state index is 11.7. The Morgan fingerprint density at radius 1 is 1.50 bits per heavy atom. The van der Waals surface area contributed by atoms with Crippen LogP contribution in [0.3, 0.4) is 0 Å². The molecule has 0 aromatic heterocycles. The number of aliphatic hydroxyl groups is 1. The zero-order chi connectivity index (χ0) is 13.7. The van der Waals surface area contributed by atoms with E-state index in [0.29, 0.717) is 11.3 Å². The summed E-state index contributed by atoms with van der Waals surface area (Å²) in [6, 6.07) is 6.42. The Bertz CT molecular complexity index is 446. The molecule has 0 fully saturated rings. The fourth-order valence-electron chi connectivity index (χ4n) is 1.40. The van der Waals surface area contributed by atoms with E-state index in [2.05, 4.69) is 5.32 Å². The van der Waals surface area contributed by atoms with Gasteiger partial charge in [-0.2, -0.15) is 0 Å². The van der Waals surface area contributed by atoms with Crippen LogP contribution < -0.4 is 11.1 Å². The number of urea groups is 1. The van der Waals surface area contributed by atoms with Crippen molar-refractivity contribution in [2.45, 2.75) is 13.0 Å². The van der Waals surface area contributed by atoms with Crippen LogP contribution in [0, 0.1) is 0 Å². The number of nitrogens with zero attached hydrogens (tertiary/aromatic N) is 1. The number of nitrogens with two attached hydrogens (primary N) is 1. The standard InChI is InChI=1S/C12H17N3O3/c1-8(16)9-4-3-5-10(6-9)14-12(18)15(2)7-11(13)17/h3-6,8,16H,7H2,1-2H3,(H2,13,17)(H,14,18). The van der Waals surface area contributed by atoms with E-state index in [4.69, 9.17) is 5.73 Å². The highest BCUT2D eigenvalue weighted by Crippen LogP contribution is 2.17. The van der Waals surface area contributed by atoms with Gasteiger partial charge in [-0.25, -0.2) is 4.79 Å². The van der Waals surface area contributed by atoms with Gasteiger partial charge >= 0.3 is 6.03 Å². The summed E-state index contributed by atoms with van der Waals surface area (Å²) < 4.78 is 0. The zero-order valence-electron chi connectivity index (χ0n) is 10.4. The number of hydrogen-bond acceptors (Lipinski definition) is 3. The topological polar surface area (TPSA) is 95.7 Å². The fourth-order valence-corrected chi connectivity index (χ4v) is 1.40. The molecule has 0 saturated carbocycles. The van der Waals surface area contributed by atoms with Gasteiger partial charge in [-0.15, -0.1) is 0 Å². The number of anilines is 1. The summed E-state index contributed by atoms with van der Waals surface area (Å²) in [6.07, 6.45) is -0.606. The van der Waals surface area contributed by atoms with Crippen molar-refractivity contribution in [3.05, 3.63) is 29.8 Å². The first-order valence-electron chi connectivity index (χ1n) is 5.48. The predicted octanol–water partition coefficient (Wildman–Crippen LogP) is 0.689. The van der Waals surface area contributed by atoms with Crippen molar-refractivity contribution >= 4 is 17.6 Å². The molecule has 3 amide bonds. The lowest BCUT2D eigenvalue weighted by molar-refractivity contribution is -0.118. The first-order valence-corrected chi connectivity index (χ1v) is 5.48. The van der Waals surface area contributed by atoms with Crippen molar-refractivity contribution in [1.82, 2.24) is 4.90 Å². The van der Waals surface area contributed by atoms with Crippen LogP contribution in [0.2, 0.25) is 0 Å². The van der Waals surface area contributed by atoms with Gasteiger partial charge in [0.2, 0.25) is 5.91 Å². The molecule has 0 radical (unpaired) electrons. The lowest BCUT2D eigenvalue weighted by atomic mass is 10.1. The van der Waals surface area contributed by atoms with Crippen molar-refractivity contribution in [2.75, 3.05) is 18.9 Å². The van der Waals surface area contributed by atoms with E-state index < -0.39 is 18.0 Å². The molecule has 1 aromatic rings. The van der Waals surface area contributed by atoms with Gasteiger partial charge < -0.3 is 21.1 Å². The first kappa shape index (κ1) is 14.0. The number of primary amides is 1. The molecule has 0 aliphatic carbocycles. The van der Waals surface area contributed by atoms with Crippen LogP contribution in [0.1, 0.15) is 18.6 Å². The van der Waals surface area contributed by atoms with E-state index in [9.17, 15) is 14.7 Å². The second-order valence-electron chi connectivity index (χ2n) is 4.05. The van der Waals surface area contributed by atoms with Crippen LogP contribution in [0.5, 0.6) is 0 Å². The number of benzene rings is 1. The van der Waals surface area contributed by atoms with Crippen LogP contribution in [0.4, 0.5) is 10.5 Å². The van der Waals surface area contributed by atoms with Crippen molar-refractivity contribution in [1.29, 1.82) is 0 Å². The highest BCUT2D eigenvalue weighted by Gasteiger charge is 2.11. The van der Waals surface area contributed by atoms with Gasteiger partial charge in [0.1, 0.15) is 6.54 Å². The molecule has 6 heteroatoms. The van der Waals surface area contributed by atoms with E-state index >= 15 is 0 Å². The third kappa shape index (κ3) is 4.06. The lowest BCUT2D eigenvalue weighted by Crippen LogP contribution is -2.38. The third-order valence-corrected chi connectivity index (χ3v) is 2.36. The SMILES string of the molecule is CC(O)c1cccc(NC(=O)N(C)CC(N)=O)c1. The number of aliphatic hydroxyl groups excluding tert-OH is 1. The number of rotatable bonds is 4. The molecule has 1 unspecified atom stereocenters. The monoisotopic (exact) mass is 251 g/mol. The molecule has 6 nitrogen and oxygen atoms in total. The van der Waals surface area contributed by atoms with Gasteiger partial charge in [0.05, 0.1) is 6.10 Å². The number of carbonyl (C=O) groups excluding carboxylic acids is 2. The van der Waals surface area contributed by atoms with E-state index in [1.165, 1.54) is 11.9 Å². The molecule has 0 heterocycles. The van der Waals surface area contributed by atoms with Crippen molar-refractivity contribution in [3.63, 3.8) is 0 Å². The van der Waals surface area contributed by atoms with E-state index in [-0.39, 0.29) is 6.54 Å². The zero-order valence-corrected chi connectivity index (χ0v) is 10.4. The van der Waals surface area contributed by atoms with Crippen molar-refractivity contribution in [3.8, 4) is 0 Å². The summed E-state index contributed by atoms with van der Waals surface area (Å²) in [5, 5.41) is 12.0. The highest BCUT2D eigenvalue weighted by atomic mass is 16.3. The van der Waals surface area contributed by atoms with Crippen molar-refractivity contribution < 1.29 is 14.7 Å². The summed E-state index contributed by atoms with van der Waals surface area (Å²) in [7, 11) is 1.47. The molecule has 4 N–H and O–H groups in total. The summed E-state index contributed by atoms with van der Waals surface area (Å²) in [6.45, 7) is 1.49. The largest absolute Gasteiger partial charge is 0.389 e. The molecule has 1 aromatic carbocycles. The van der Waals surface area contributed by atoms with Gasteiger partial charge in [0.25, 0.3) is 0 Å². The quantitative estimate of drug-likeness (QED) is 0.734. The number of hydrogen-bond donors (Lipinski definition) is 3. The third-order valence-electron chi connectivity index (χ3n) is 2.36. The second-order valence-corrected chi connectivity index (χ2v) is 4.05. The van der Waals surface area contributed by atoms with Crippen LogP contribution in [0.15, 0.2) is 24.3 Å². The van der Waals surface area contributed by atoms with Gasteiger partial charge in [0.15, 0.2) is 0 Å². The molecule has 0 aliphatic rings. The second kappa shape index (κ2) is 6.02. The summed E-state index contributed by atoms with van der Waals surface area (Å²) in [5.41, 5.74) is 6.24. The minimum atomic E-state index is -0.606. The first-order chi connectivity index (χ1) is 8.40. The Balaban J connectivity index is 2.69. The summed E-state index contributed by atoms with van der Waals surface area (Å²) >= 11 is 0. The molecule has 1 rings (SSSR count). The van der Waals surface area contributed by atoms with Crippen LogP contribution in [-0.4, -0.2) is 35.5 Å². The Kier molecular flexibility index (Phi) is 4.67. The Hall–Kier alpha value is -2.08. The Labute approximate surface area is 105 Å². The van der Waals surface area contributed by atoms with Crippen LogP contribution in [0.25, 0.3) is 0 Å². The summed E-state index contributed by atoms with van der Waals surface area (Å²) in [5.74, 6) is -0.578. The summed E-state index contributed by atoms with van der Waals surface area (Å²) in [4.78, 5) is 23.5. The number of likely N-dealkylation sites (N-methyl/N-ethyl adjacent to an activating group) is 1. The minimum absolute atomic E-state index is 0.151. The van der Waals surface area contributed by atoms with Crippen LogP contribution >= 0.6 is 0 Å². The molecule has 0 saturated heterocycles. The average molecular weight is 251 g/mol. The number of amides is 3. The molecule has 0 spiro atoms. The molecular weight excluding hydrogens is 234 g/mol. The number of carbonyl (C=O) groups is 2. The van der Waals surface area contributed by atoms with E-state index in [1.807, 2.05) is 0 Å². The fraction of sp³-hybridized carbons (Fsp3) is 0.333. The molecule has 1 atom stereocenters. The molecule has 18 heavy (non-hydrogen) atoms. The van der Waals surface area contributed by atoms with Gasteiger partial charge in [-0.1, -0.05) is 12.1 Å². The Morgan fingerprint density at radius 3 is 2.72 bits per heavy atom. The molecule has 0 aliphatic heterocycles. The van der Waals surface area contributed by atoms with Crippen molar-refractivity contribution in [2.24, 2.45) is 5.73 Å². The average Bonchev–Trinajstić information content (AvgIpc) is 2.28. The molecular formula is C12H17N3O3. The normalized spacial score (nSPS) is 11.7.